The maximum Gasteiger partial charge on any atom is 0.122 e. The van der Waals surface area contributed by atoms with Gasteiger partial charge in [0, 0.05) is 0 Å². The first-order valence-corrected chi connectivity index (χ1v) is 10.6. The Morgan fingerprint density at radius 1 is 0.880 bits per heavy atom. The Balaban J connectivity index is 1.69. The maximum absolute atomic E-state index is 6.14. The van der Waals surface area contributed by atoms with E-state index in [1.54, 1.807) is 0 Å². The third-order valence-corrected chi connectivity index (χ3v) is 5.57. The van der Waals surface area contributed by atoms with Crippen LogP contribution in [0.2, 0.25) is 0 Å². The SMILES string of the molecule is CCCCC[C@H]1CC[C@H](COc2ccc(OCCCC)cc2C)CC1. The van der Waals surface area contributed by atoms with Crippen LogP contribution in [0.4, 0.5) is 0 Å². The molecule has 0 unspecified atom stereocenters. The zero-order valence-corrected chi connectivity index (χ0v) is 16.7. The second kappa shape index (κ2) is 11.4. The zero-order valence-electron chi connectivity index (χ0n) is 16.7. The van der Waals surface area contributed by atoms with Gasteiger partial charge in [-0.2, -0.15) is 0 Å². The minimum atomic E-state index is 0.738. The Labute approximate surface area is 155 Å². The monoisotopic (exact) mass is 346 g/mol. The van der Waals surface area contributed by atoms with Gasteiger partial charge in [0.25, 0.3) is 0 Å². The van der Waals surface area contributed by atoms with E-state index in [0.29, 0.717) is 0 Å². The molecule has 2 rings (SSSR count). The molecule has 1 saturated carbocycles. The van der Waals surface area contributed by atoms with Gasteiger partial charge in [0.2, 0.25) is 0 Å². The summed E-state index contributed by atoms with van der Waals surface area (Å²) < 4.78 is 11.9. The maximum atomic E-state index is 6.14. The molecule has 0 aromatic heterocycles. The van der Waals surface area contributed by atoms with Gasteiger partial charge in [-0.05, 0) is 61.8 Å². The van der Waals surface area contributed by atoms with Crippen molar-refractivity contribution in [3.05, 3.63) is 23.8 Å². The van der Waals surface area contributed by atoms with Gasteiger partial charge in [0.05, 0.1) is 13.2 Å². The number of rotatable bonds is 11. The minimum Gasteiger partial charge on any atom is -0.494 e. The zero-order chi connectivity index (χ0) is 17.9. The van der Waals surface area contributed by atoms with Crippen LogP contribution >= 0.6 is 0 Å². The molecular formula is C23H38O2. The van der Waals surface area contributed by atoms with Crippen LogP contribution in [0.3, 0.4) is 0 Å². The fourth-order valence-electron chi connectivity index (χ4n) is 3.79. The summed E-state index contributed by atoms with van der Waals surface area (Å²) in [5.74, 6) is 3.70. The lowest BCUT2D eigenvalue weighted by atomic mass is 9.80. The Hall–Kier alpha value is -1.18. The smallest absolute Gasteiger partial charge is 0.122 e. The molecule has 0 amide bonds. The fourth-order valence-corrected chi connectivity index (χ4v) is 3.79. The summed E-state index contributed by atoms with van der Waals surface area (Å²) in [7, 11) is 0. The lowest BCUT2D eigenvalue weighted by Crippen LogP contribution is -2.20. The van der Waals surface area contributed by atoms with E-state index < -0.39 is 0 Å². The molecule has 2 nitrogen and oxygen atoms in total. The van der Waals surface area contributed by atoms with Crippen molar-refractivity contribution in [3.8, 4) is 11.5 Å². The highest BCUT2D eigenvalue weighted by molar-refractivity contribution is 5.39. The Bertz CT molecular complexity index is 475. The average Bonchev–Trinajstić information content (AvgIpc) is 2.62. The lowest BCUT2D eigenvalue weighted by molar-refractivity contribution is 0.177. The molecule has 2 heteroatoms. The van der Waals surface area contributed by atoms with Gasteiger partial charge in [-0.1, -0.05) is 58.8 Å². The van der Waals surface area contributed by atoms with Gasteiger partial charge >= 0.3 is 0 Å². The molecule has 0 saturated heterocycles. The van der Waals surface area contributed by atoms with Crippen molar-refractivity contribution in [2.24, 2.45) is 11.8 Å². The summed E-state index contributed by atoms with van der Waals surface area (Å²) in [4.78, 5) is 0. The second-order valence-electron chi connectivity index (χ2n) is 7.82. The van der Waals surface area contributed by atoms with Crippen molar-refractivity contribution >= 4 is 0 Å². The normalized spacial score (nSPS) is 20.4. The molecule has 0 bridgehead atoms. The quantitative estimate of drug-likeness (QED) is 0.404. The highest BCUT2D eigenvalue weighted by Crippen LogP contribution is 2.33. The third kappa shape index (κ3) is 7.30. The molecule has 1 aromatic carbocycles. The van der Waals surface area contributed by atoms with E-state index in [2.05, 4.69) is 32.9 Å². The lowest BCUT2D eigenvalue weighted by Gasteiger charge is -2.28. The van der Waals surface area contributed by atoms with Crippen LogP contribution in [0.5, 0.6) is 11.5 Å². The van der Waals surface area contributed by atoms with Crippen LogP contribution < -0.4 is 9.47 Å². The number of unbranched alkanes of at least 4 members (excludes halogenated alkanes) is 3. The first-order valence-electron chi connectivity index (χ1n) is 10.6. The van der Waals surface area contributed by atoms with Gasteiger partial charge in [0.1, 0.15) is 11.5 Å². The highest BCUT2D eigenvalue weighted by atomic mass is 16.5. The van der Waals surface area contributed by atoms with E-state index >= 15 is 0 Å². The number of hydrogen-bond donors (Lipinski definition) is 0. The first kappa shape index (κ1) is 20.1. The summed E-state index contributed by atoms with van der Waals surface area (Å²) in [6.07, 6.45) is 13.4. The second-order valence-corrected chi connectivity index (χ2v) is 7.82. The molecular weight excluding hydrogens is 308 g/mol. The van der Waals surface area contributed by atoms with Crippen molar-refractivity contribution in [3.63, 3.8) is 0 Å². The largest absolute Gasteiger partial charge is 0.494 e. The number of benzene rings is 1. The molecule has 142 valence electrons. The molecule has 0 atom stereocenters. The summed E-state index contributed by atoms with van der Waals surface area (Å²) in [6, 6.07) is 6.23. The van der Waals surface area contributed by atoms with Gasteiger partial charge in [-0.15, -0.1) is 0 Å². The fraction of sp³-hybridized carbons (Fsp3) is 0.739. The predicted octanol–water partition coefficient (Wildman–Crippen LogP) is 6.94. The number of aryl methyl sites for hydroxylation is 1. The van der Waals surface area contributed by atoms with Crippen LogP contribution in [-0.2, 0) is 0 Å². The van der Waals surface area contributed by atoms with E-state index in [1.165, 1.54) is 63.4 Å². The van der Waals surface area contributed by atoms with Gasteiger partial charge in [-0.3, -0.25) is 0 Å². The molecule has 0 N–H and O–H groups in total. The van der Waals surface area contributed by atoms with Crippen molar-refractivity contribution in [2.45, 2.75) is 85.0 Å². The van der Waals surface area contributed by atoms with Crippen LogP contribution in [0.1, 0.15) is 83.6 Å². The minimum absolute atomic E-state index is 0.738. The summed E-state index contributed by atoms with van der Waals surface area (Å²) >= 11 is 0. The predicted molar refractivity (Wildman–Crippen MR) is 107 cm³/mol. The summed E-state index contributed by atoms with van der Waals surface area (Å²) in [5, 5.41) is 0. The topological polar surface area (TPSA) is 18.5 Å². The molecule has 0 radical (unpaired) electrons. The van der Waals surface area contributed by atoms with Gasteiger partial charge in [-0.25, -0.2) is 0 Å². The summed E-state index contributed by atoms with van der Waals surface area (Å²) in [6.45, 7) is 8.27. The summed E-state index contributed by atoms with van der Waals surface area (Å²) in [5.41, 5.74) is 1.18. The van der Waals surface area contributed by atoms with Crippen molar-refractivity contribution in [1.29, 1.82) is 0 Å². The van der Waals surface area contributed by atoms with E-state index in [-0.39, 0.29) is 0 Å². The standard InChI is InChI=1S/C23H38O2/c1-4-6-8-9-20-10-12-21(13-11-20)18-25-23-15-14-22(17-19(23)3)24-16-7-5-2/h14-15,17,20-21H,4-13,16,18H2,1-3H3/t20-,21-. The highest BCUT2D eigenvalue weighted by Gasteiger charge is 2.21. The first-order chi connectivity index (χ1) is 12.2. The van der Waals surface area contributed by atoms with Crippen LogP contribution in [0, 0.1) is 18.8 Å². The van der Waals surface area contributed by atoms with E-state index in [0.717, 1.165) is 43.0 Å². The number of hydrogen-bond acceptors (Lipinski definition) is 2. The van der Waals surface area contributed by atoms with Crippen LogP contribution in [0.25, 0.3) is 0 Å². The molecule has 1 fully saturated rings. The van der Waals surface area contributed by atoms with Gasteiger partial charge in [0.15, 0.2) is 0 Å². The van der Waals surface area contributed by atoms with Crippen molar-refractivity contribution in [2.75, 3.05) is 13.2 Å². The Morgan fingerprint density at radius 2 is 1.60 bits per heavy atom. The Morgan fingerprint density at radius 3 is 2.28 bits per heavy atom. The van der Waals surface area contributed by atoms with Crippen molar-refractivity contribution in [1.82, 2.24) is 0 Å². The third-order valence-electron chi connectivity index (χ3n) is 5.57. The molecule has 1 aliphatic carbocycles. The van der Waals surface area contributed by atoms with Gasteiger partial charge < -0.3 is 9.47 Å². The molecule has 0 aliphatic heterocycles. The number of ether oxygens (including phenoxy) is 2. The molecule has 0 spiro atoms. The van der Waals surface area contributed by atoms with E-state index in [1.807, 2.05) is 6.07 Å². The molecule has 25 heavy (non-hydrogen) atoms. The molecule has 1 aliphatic rings. The van der Waals surface area contributed by atoms with Crippen LogP contribution in [-0.4, -0.2) is 13.2 Å². The van der Waals surface area contributed by atoms with E-state index in [9.17, 15) is 0 Å². The average molecular weight is 347 g/mol. The molecule has 0 heterocycles. The van der Waals surface area contributed by atoms with Crippen LogP contribution in [0.15, 0.2) is 18.2 Å². The van der Waals surface area contributed by atoms with E-state index in [4.69, 9.17) is 9.47 Å². The molecule has 1 aromatic rings. The van der Waals surface area contributed by atoms with Crippen molar-refractivity contribution < 1.29 is 9.47 Å². The Kier molecular flexibility index (Phi) is 9.21.